The minimum atomic E-state index is -0.518. The van der Waals surface area contributed by atoms with Crippen LogP contribution in [0.15, 0.2) is 35.5 Å². The summed E-state index contributed by atoms with van der Waals surface area (Å²) >= 11 is 0. The summed E-state index contributed by atoms with van der Waals surface area (Å²) in [5.41, 5.74) is 2.00. The first-order valence-corrected chi connectivity index (χ1v) is 10.8. The van der Waals surface area contributed by atoms with Crippen LogP contribution in [0.3, 0.4) is 0 Å². The highest BCUT2D eigenvalue weighted by Crippen LogP contribution is 2.38. The Morgan fingerprint density at radius 2 is 1.90 bits per heavy atom. The van der Waals surface area contributed by atoms with Gasteiger partial charge in [0, 0.05) is 11.3 Å². The molecule has 8 nitrogen and oxygen atoms in total. The van der Waals surface area contributed by atoms with Gasteiger partial charge in [0.1, 0.15) is 11.8 Å². The molecule has 0 bridgehead atoms. The zero-order valence-electron chi connectivity index (χ0n) is 18.1. The summed E-state index contributed by atoms with van der Waals surface area (Å²) in [5, 5.41) is 15.0. The molecule has 2 aromatic rings. The van der Waals surface area contributed by atoms with E-state index in [9.17, 15) is 4.79 Å². The van der Waals surface area contributed by atoms with Gasteiger partial charge in [-0.25, -0.2) is 4.79 Å². The van der Waals surface area contributed by atoms with Gasteiger partial charge in [-0.1, -0.05) is 62.3 Å². The Bertz CT molecular complexity index is 877. The van der Waals surface area contributed by atoms with Gasteiger partial charge in [0.25, 0.3) is 0 Å². The lowest BCUT2D eigenvalue weighted by molar-refractivity contribution is -0.139. The fraction of sp³-hybridized carbons (Fsp3) is 0.545. The first-order chi connectivity index (χ1) is 14.7. The lowest BCUT2D eigenvalue weighted by Crippen LogP contribution is -2.30. The normalized spacial score (nSPS) is 15.5. The summed E-state index contributed by atoms with van der Waals surface area (Å²) in [4.78, 5) is 13.1. The Labute approximate surface area is 177 Å². The quantitative estimate of drug-likeness (QED) is 0.434. The zero-order valence-corrected chi connectivity index (χ0v) is 18.1. The van der Waals surface area contributed by atoms with Gasteiger partial charge in [0.15, 0.2) is 0 Å². The van der Waals surface area contributed by atoms with Crippen LogP contribution in [0.25, 0.3) is 0 Å². The van der Waals surface area contributed by atoms with E-state index in [1.807, 2.05) is 38.1 Å². The van der Waals surface area contributed by atoms with Crippen molar-refractivity contribution >= 4 is 11.9 Å². The van der Waals surface area contributed by atoms with Crippen LogP contribution in [0, 0.1) is 0 Å². The summed E-state index contributed by atoms with van der Waals surface area (Å²) in [7, 11) is 0. The van der Waals surface area contributed by atoms with Crippen LogP contribution in [-0.2, 0) is 9.53 Å². The lowest BCUT2D eigenvalue weighted by atomic mass is 9.95. The lowest BCUT2D eigenvalue weighted by Gasteiger charge is -2.28. The first-order valence-electron chi connectivity index (χ1n) is 10.8. The van der Waals surface area contributed by atoms with Crippen molar-refractivity contribution in [3.8, 4) is 5.75 Å². The Morgan fingerprint density at radius 1 is 1.13 bits per heavy atom. The number of anilines is 1. The number of allylic oxidation sites excluding steroid dienone is 1. The summed E-state index contributed by atoms with van der Waals surface area (Å²) in [6.45, 7) is 6.90. The van der Waals surface area contributed by atoms with Crippen LogP contribution in [-0.4, -0.2) is 39.4 Å². The number of rotatable bonds is 11. The third-order valence-electron chi connectivity index (χ3n) is 5.18. The molecule has 0 radical (unpaired) electrons. The SMILES string of the molecule is CCCCCCCCOC(=O)C1=C(C)Nc2nnnn2[C@H]1c1ccccc1OCC. The van der Waals surface area contributed by atoms with E-state index in [2.05, 4.69) is 27.8 Å². The average Bonchev–Trinajstić information content (AvgIpc) is 3.20. The van der Waals surface area contributed by atoms with E-state index < -0.39 is 6.04 Å². The van der Waals surface area contributed by atoms with E-state index >= 15 is 0 Å². The Kier molecular flexibility index (Phi) is 7.82. The average molecular weight is 414 g/mol. The maximum Gasteiger partial charge on any atom is 0.338 e. The van der Waals surface area contributed by atoms with Crippen molar-refractivity contribution in [2.24, 2.45) is 0 Å². The standard InChI is InChI=1S/C22H31N5O3/c1-4-6-7-8-9-12-15-30-21(28)19-16(3)23-22-24-25-26-27(22)20(19)17-13-10-11-14-18(17)29-5-2/h10-11,13-14,20H,4-9,12,15H2,1-3H3,(H,23,24,26)/t20-/m0/s1. The van der Waals surface area contributed by atoms with Crippen molar-refractivity contribution in [2.75, 3.05) is 18.5 Å². The molecule has 1 aromatic heterocycles. The fourth-order valence-electron chi connectivity index (χ4n) is 3.68. The number of ether oxygens (including phenoxy) is 2. The molecule has 1 N–H and O–H groups in total. The summed E-state index contributed by atoms with van der Waals surface area (Å²) in [5.74, 6) is 0.824. The molecule has 0 saturated carbocycles. The predicted octanol–water partition coefficient (Wildman–Crippen LogP) is 4.26. The van der Waals surface area contributed by atoms with Crippen molar-refractivity contribution in [3.63, 3.8) is 0 Å². The molecule has 162 valence electrons. The molecule has 1 aliphatic rings. The zero-order chi connectivity index (χ0) is 21.3. The van der Waals surface area contributed by atoms with E-state index in [1.54, 1.807) is 4.68 Å². The molecule has 0 amide bonds. The van der Waals surface area contributed by atoms with Crippen molar-refractivity contribution < 1.29 is 14.3 Å². The molecule has 0 fully saturated rings. The van der Waals surface area contributed by atoms with Crippen LogP contribution in [0.4, 0.5) is 5.95 Å². The Morgan fingerprint density at radius 3 is 2.70 bits per heavy atom. The topological polar surface area (TPSA) is 91.2 Å². The summed E-state index contributed by atoms with van der Waals surface area (Å²) in [6, 6.07) is 7.12. The number of hydrogen-bond acceptors (Lipinski definition) is 7. The molecule has 1 aromatic carbocycles. The molecule has 0 spiro atoms. The molecule has 3 rings (SSSR count). The highest BCUT2D eigenvalue weighted by molar-refractivity contribution is 5.92. The molecule has 1 atom stereocenters. The van der Waals surface area contributed by atoms with Crippen molar-refractivity contribution in [1.82, 2.24) is 20.2 Å². The van der Waals surface area contributed by atoms with E-state index in [0.29, 0.717) is 36.2 Å². The number of para-hydroxylation sites is 1. The molecule has 2 heterocycles. The van der Waals surface area contributed by atoms with Crippen LogP contribution in [0.2, 0.25) is 0 Å². The van der Waals surface area contributed by atoms with Gasteiger partial charge in [-0.15, -0.1) is 0 Å². The minimum Gasteiger partial charge on any atom is -0.494 e. The van der Waals surface area contributed by atoms with Gasteiger partial charge in [-0.05, 0) is 36.8 Å². The number of hydrogen-bond donors (Lipinski definition) is 1. The number of tetrazole rings is 1. The van der Waals surface area contributed by atoms with Crippen LogP contribution < -0.4 is 10.1 Å². The first kappa shape index (κ1) is 21.8. The smallest absolute Gasteiger partial charge is 0.338 e. The maximum atomic E-state index is 13.1. The van der Waals surface area contributed by atoms with Gasteiger partial charge < -0.3 is 14.8 Å². The highest BCUT2D eigenvalue weighted by atomic mass is 16.5. The third kappa shape index (κ3) is 4.98. The number of fused-ring (bicyclic) bond motifs is 1. The third-order valence-corrected chi connectivity index (χ3v) is 5.18. The minimum absolute atomic E-state index is 0.356. The molecule has 1 aliphatic heterocycles. The van der Waals surface area contributed by atoms with Gasteiger partial charge in [-0.3, -0.25) is 0 Å². The number of unbranched alkanes of at least 4 members (excludes halogenated alkanes) is 5. The molecule has 0 unspecified atom stereocenters. The number of nitrogens with one attached hydrogen (secondary N) is 1. The van der Waals surface area contributed by atoms with Crippen LogP contribution in [0.5, 0.6) is 5.75 Å². The van der Waals surface area contributed by atoms with Crippen molar-refractivity contribution in [1.29, 1.82) is 0 Å². The van der Waals surface area contributed by atoms with Crippen LogP contribution >= 0.6 is 0 Å². The van der Waals surface area contributed by atoms with Crippen molar-refractivity contribution in [2.45, 2.75) is 65.3 Å². The van der Waals surface area contributed by atoms with Gasteiger partial charge in [0.2, 0.25) is 5.95 Å². The number of esters is 1. The second kappa shape index (κ2) is 10.8. The van der Waals surface area contributed by atoms with Gasteiger partial charge >= 0.3 is 5.97 Å². The summed E-state index contributed by atoms with van der Waals surface area (Å²) in [6.07, 6.45) is 6.82. The second-order valence-electron chi connectivity index (χ2n) is 7.39. The number of carbonyl (C=O) groups is 1. The summed E-state index contributed by atoms with van der Waals surface area (Å²) < 4.78 is 13.1. The Balaban J connectivity index is 1.79. The second-order valence-corrected chi connectivity index (χ2v) is 7.39. The van der Waals surface area contributed by atoms with Gasteiger partial charge in [-0.2, -0.15) is 4.68 Å². The van der Waals surface area contributed by atoms with Crippen molar-refractivity contribution in [3.05, 3.63) is 41.1 Å². The number of carbonyl (C=O) groups excluding carboxylic acids is 1. The Hall–Kier alpha value is -2.90. The fourth-order valence-corrected chi connectivity index (χ4v) is 3.68. The van der Waals surface area contributed by atoms with Crippen LogP contribution in [0.1, 0.15) is 70.9 Å². The number of nitrogens with zero attached hydrogens (tertiary/aromatic N) is 4. The van der Waals surface area contributed by atoms with E-state index in [-0.39, 0.29) is 5.97 Å². The molecule has 0 saturated heterocycles. The molecule has 0 aliphatic carbocycles. The monoisotopic (exact) mass is 413 g/mol. The van der Waals surface area contributed by atoms with E-state index in [1.165, 1.54) is 25.7 Å². The molecule has 30 heavy (non-hydrogen) atoms. The maximum absolute atomic E-state index is 13.1. The largest absolute Gasteiger partial charge is 0.494 e. The number of aromatic nitrogens is 4. The molecular weight excluding hydrogens is 382 g/mol. The van der Waals surface area contributed by atoms with E-state index in [4.69, 9.17) is 9.47 Å². The molecular formula is C22H31N5O3. The highest BCUT2D eigenvalue weighted by Gasteiger charge is 2.36. The molecule has 8 heteroatoms. The van der Waals surface area contributed by atoms with Gasteiger partial charge in [0.05, 0.1) is 18.8 Å². The number of benzene rings is 1. The predicted molar refractivity (Wildman–Crippen MR) is 114 cm³/mol. The van der Waals surface area contributed by atoms with E-state index in [0.717, 1.165) is 18.4 Å².